The summed E-state index contributed by atoms with van der Waals surface area (Å²) in [4.78, 5) is 24.2. The molecular formula is C25H31IN6O3S2Si. The number of carbonyl (C=O) groups excluding carboxylic acids is 1. The molecule has 0 unspecified atom stereocenters. The summed E-state index contributed by atoms with van der Waals surface area (Å²) in [5.41, 5.74) is 2.28. The summed E-state index contributed by atoms with van der Waals surface area (Å²) in [5, 5.41) is 9.49. The number of benzene rings is 1. The average Bonchev–Trinajstić information content (AvgIpc) is 3.42. The Bertz CT molecular complexity index is 1510. The van der Waals surface area contributed by atoms with E-state index in [9.17, 15) is 4.79 Å². The molecule has 9 nitrogen and oxygen atoms in total. The highest BCUT2D eigenvalue weighted by molar-refractivity contribution is 14.1. The minimum atomic E-state index is -1.17. The first-order chi connectivity index (χ1) is 18.1. The molecule has 0 aliphatic heterocycles. The largest absolute Gasteiger partial charge is 0.461 e. The van der Waals surface area contributed by atoms with Gasteiger partial charge in [-0.3, -0.25) is 4.57 Å². The van der Waals surface area contributed by atoms with Crippen LogP contribution < -0.4 is 9.70 Å². The van der Waals surface area contributed by atoms with Crippen molar-refractivity contribution >= 4 is 86.3 Å². The highest BCUT2D eigenvalue weighted by Crippen LogP contribution is 2.32. The summed E-state index contributed by atoms with van der Waals surface area (Å²) in [6.45, 7) is 12.3. The molecule has 0 saturated carbocycles. The third-order valence-corrected chi connectivity index (χ3v) is 10.5. The van der Waals surface area contributed by atoms with Gasteiger partial charge in [0.2, 0.25) is 0 Å². The van der Waals surface area contributed by atoms with Crippen molar-refractivity contribution in [2.24, 2.45) is 4.99 Å². The molecule has 0 radical (unpaired) electrons. The fraction of sp³-hybridized carbons (Fsp3) is 0.400. The zero-order chi connectivity index (χ0) is 27.4. The smallest absolute Gasteiger partial charge is 0.359 e. The maximum absolute atomic E-state index is 12.2. The van der Waals surface area contributed by atoms with E-state index < -0.39 is 14.0 Å². The van der Waals surface area contributed by atoms with Gasteiger partial charge < -0.3 is 14.4 Å². The Morgan fingerprint density at radius 2 is 1.97 bits per heavy atom. The molecule has 4 rings (SSSR count). The predicted molar refractivity (Wildman–Crippen MR) is 165 cm³/mol. The first-order valence-corrected chi connectivity index (χ1v) is 18.6. The number of carbonyl (C=O) groups is 1. The molecule has 0 spiro atoms. The molecule has 202 valence electrons. The lowest BCUT2D eigenvalue weighted by molar-refractivity contribution is 0.0519. The van der Waals surface area contributed by atoms with Crippen LogP contribution in [-0.2, 0) is 16.2 Å². The quantitative estimate of drug-likeness (QED) is 0.0833. The van der Waals surface area contributed by atoms with Crippen molar-refractivity contribution in [3.05, 3.63) is 49.3 Å². The fourth-order valence-corrected chi connectivity index (χ4v) is 6.91. The Kier molecular flexibility index (Phi) is 9.34. The summed E-state index contributed by atoms with van der Waals surface area (Å²) in [6, 6.07) is 11.3. The molecular weight excluding hydrogens is 651 g/mol. The number of para-hydroxylation sites is 1. The normalized spacial score (nSPS) is 12.3. The Morgan fingerprint density at radius 1 is 1.21 bits per heavy atom. The van der Waals surface area contributed by atoms with Crippen molar-refractivity contribution < 1.29 is 14.3 Å². The number of halogens is 1. The second-order valence-electron chi connectivity index (χ2n) is 9.85. The van der Waals surface area contributed by atoms with Crippen molar-refractivity contribution in [1.82, 2.24) is 19.7 Å². The van der Waals surface area contributed by atoms with Crippen LogP contribution in [-0.4, -0.2) is 54.1 Å². The predicted octanol–water partition coefficient (Wildman–Crippen LogP) is 6.35. The van der Waals surface area contributed by atoms with Crippen LogP contribution >= 0.6 is 45.3 Å². The molecule has 0 saturated heterocycles. The number of thiazole rings is 2. The zero-order valence-electron chi connectivity index (χ0n) is 22.3. The lowest BCUT2D eigenvalue weighted by atomic mass is 10.3. The van der Waals surface area contributed by atoms with Crippen molar-refractivity contribution in [3.63, 3.8) is 0 Å². The minimum Gasteiger partial charge on any atom is -0.461 e. The molecule has 3 heterocycles. The molecule has 1 aromatic carbocycles. The van der Waals surface area contributed by atoms with E-state index >= 15 is 0 Å². The third-order valence-electron chi connectivity index (χ3n) is 5.63. The maximum atomic E-state index is 12.2. The molecule has 13 heteroatoms. The summed E-state index contributed by atoms with van der Waals surface area (Å²) < 4.78 is 15.2. The maximum Gasteiger partial charge on any atom is 0.359 e. The van der Waals surface area contributed by atoms with Gasteiger partial charge in [0.05, 0.1) is 16.8 Å². The van der Waals surface area contributed by atoms with Crippen LogP contribution in [0.25, 0.3) is 10.2 Å². The van der Waals surface area contributed by atoms with Gasteiger partial charge in [0.25, 0.3) is 0 Å². The molecule has 3 aromatic heterocycles. The second kappa shape index (κ2) is 12.3. The SMILES string of the molecule is CCOC(=O)c1nc(N(C)c2cc(C)c(/N=c3\sc4ccccc4n3COCC[Si](C)(C)C)nn2)sc1I. The molecule has 0 amide bonds. The van der Waals surface area contributed by atoms with Crippen LogP contribution in [0, 0.1) is 9.81 Å². The monoisotopic (exact) mass is 682 g/mol. The van der Waals surface area contributed by atoms with E-state index in [1.807, 2.05) is 37.1 Å². The van der Waals surface area contributed by atoms with Crippen molar-refractivity contribution in [2.45, 2.75) is 46.3 Å². The van der Waals surface area contributed by atoms with Crippen molar-refractivity contribution in [2.75, 3.05) is 25.2 Å². The summed E-state index contributed by atoms with van der Waals surface area (Å²) in [6.07, 6.45) is 0. The van der Waals surface area contributed by atoms with Crippen LogP contribution in [0.15, 0.2) is 35.3 Å². The van der Waals surface area contributed by atoms with Crippen LogP contribution in [0.1, 0.15) is 23.0 Å². The Morgan fingerprint density at radius 3 is 2.68 bits per heavy atom. The minimum absolute atomic E-state index is 0.303. The van der Waals surface area contributed by atoms with Crippen LogP contribution in [0.5, 0.6) is 0 Å². The molecule has 4 aromatic rings. The summed E-state index contributed by atoms with van der Waals surface area (Å²) in [7, 11) is 0.679. The van der Waals surface area contributed by atoms with E-state index in [4.69, 9.17) is 14.5 Å². The van der Waals surface area contributed by atoms with Gasteiger partial charge in [-0.2, -0.15) is 4.99 Å². The van der Waals surface area contributed by atoms with Gasteiger partial charge in [0.1, 0.15) is 9.61 Å². The van der Waals surface area contributed by atoms with Crippen LogP contribution in [0.4, 0.5) is 16.8 Å². The summed E-state index contributed by atoms with van der Waals surface area (Å²) >= 11 is 5.10. The number of aromatic nitrogens is 4. The van der Waals surface area contributed by atoms with Crippen molar-refractivity contribution in [3.8, 4) is 0 Å². The number of anilines is 2. The van der Waals surface area contributed by atoms with Gasteiger partial charge in [0, 0.05) is 21.7 Å². The Labute approximate surface area is 244 Å². The number of rotatable bonds is 10. The first kappa shape index (κ1) is 28.8. The van der Waals surface area contributed by atoms with E-state index in [0.29, 0.717) is 35.8 Å². The topological polar surface area (TPSA) is 94.7 Å². The average molecular weight is 683 g/mol. The molecule has 0 N–H and O–H groups in total. The van der Waals surface area contributed by atoms with Crippen molar-refractivity contribution in [1.29, 1.82) is 0 Å². The lowest BCUT2D eigenvalue weighted by Gasteiger charge is -2.16. The van der Waals surface area contributed by atoms with Gasteiger partial charge in [0.15, 0.2) is 27.3 Å². The number of fused-ring (bicyclic) bond motifs is 1. The lowest BCUT2D eigenvalue weighted by Crippen LogP contribution is -2.23. The Balaban J connectivity index is 1.61. The van der Waals surface area contributed by atoms with Gasteiger partial charge in [-0.15, -0.1) is 10.2 Å². The fourth-order valence-electron chi connectivity index (χ4n) is 3.45. The number of hydrogen-bond donors (Lipinski definition) is 0. The van der Waals surface area contributed by atoms with Gasteiger partial charge in [-0.25, -0.2) is 9.78 Å². The number of nitrogens with zero attached hydrogens (tertiary/aromatic N) is 6. The van der Waals surface area contributed by atoms with Crippen LogP contribution in [0.3, 0.4) is 0 Å². The number of aryl methyl sites for hydroxylation is 1. The molecule has 38 heavy (non-hydrogen) atoms. The first-order valence-electron chi connectivity index (χ1n) is 12.2. The highest BCUT2D eigenvalue weighted by Gasteiger charge is 2.21. The van der Waals surface area contributed by atoms with E-state index in [1.54, 1.807) is 18.3 Å². The molecule has 0 aliphatic carbocycles. The molecule has 0 bridgehead atoms. The second-order valence-corrected chi connectivity index (χ2v) is 19.3. The van der Waals surface area contributed by atoms with Gasteiger partial charge in [-0.05, 0) is 66.2 Å². The van der Waals surface area contributed by atoms with E-state index in [1.165, 1.54) is 11.3 Å². The number of hydrogen-bond acceptors (Lipinski definition) is 10. The molecule has 0 atom stereocenters. The Hall–Kier alpha value is -2.20. The van der Waals surface area contributed by atoms with E-state index in [2.05, 4.69) is 74.1 Å². The summed E-state index contributed by atoms with van der Waals surface area (Å²) in [5.74, 6) is 0.733. The van der Waals surface area contributed by atoms with Gasteiger partial charge >= 0.3 is 5.97 Å². The standard InChI is InChI=1S/C25H31IN6O3S2Si/c1-7-35-23(33)20-21(26)37-24(27-20)31(3)19-14-16(2)22(30-29-19)28-25-32(15-34-12-13-38(4,5)6)17-10-8-9-11-18(17)36-25/h8-11,14H,7,12-13,15H2,1-6H3/b28-25-. The third kappa shape index (κ3) is 6.86. The number of esters is 1. The molecule has 0 fully saturated rings. The van der Waals surface area contributed by atoms with E-state index in [0.717, 1.165) is 36.1 Å². The molecule has 0 aliphatic rings. The number of ether oxygens (including phenoxy) is 2. The van der Waals surface area contributed by atoms with Gasteiger partial charge in [-0.1, -0.05) is 54.4 Å². The van der Waals surface area contributed by atoms with E-state index in [-0.39, 0.29) is 0 Å². The highest BCUT2D eigenvalue weighted by atomic mass is 127. The zero-order valence-corrected chi connectivity index (χ0v) is 27.1. The van der Waals surface area contributed by atoms with Crippen LogP contribution in [0.2, 0.25) is 25.7 Å².